The minimum Gasteiger partial charge on any atom is -0.497 e. The average Bonchev–Trinajstić information content (AvgIpc) is 3.24. The van der Waals surface area contributed by atoms with Crippen LogP contribution in [0.4, 0.5) is 5.69 Å². The lowest BCUT2D eigenvalue weighted by Crippen LogP contribution is -2.28. The lowest BCUT2D eigenvalue weighted by atomic mass is 10.3. The van der Waals surface area contributed by atoms with Gasteiger partial charge < -0.3 is 19.2 Å². The number of hydrogen-bond acceptors (Lipinski definition) is 6. The third-order valence-electron chi connectivity index (χ3n) is 3.87. The van der Waals surface area contributed by atoms with Gasteiger partial charge >= 0.3 is 0 Å². The number of benzene rings is 2. The number of anilines is 1. The fraction of sp³-hybridized carbons (Fsp3) is 0.150. The maximum absolute atomic E-state index is 12.5. The van der Waals surface area contributed by atoms with E-state index in [9.17, 15) is 13.2 Å². The SMILES string of the molecule is COc1cccc(NS(=O)(=O)c2ccc(OCC(=O)NCc3ccco3)cc2)c1. The summed E-state index contributed by atoms with van der Waals surface area (Å²) in [6, 6.07) is 15.9. The summed E-state index contributed by atoms with van der Waals surface area (Å²) in [5, 5.41) is 2.65. The van der Waals surface area contributed by atoms with E-state index in [1.54, 1.807) is 36.4 Å². The van der Waals surface area contributed by atoms with Crippen LogP contribution in [-0.4, -0.2) is 28.0 Å². The molecule has 0 aliphatic carbocycles. The number of amides is 1. The Morgan fingerprint density at radius 3 is 2.52 bits per heavy atom. The monoisotopic (exact) mass is 416 g/mol. The van der Waals surface area contributed by atoms with E-state index in [1.807, 2.05) is 0 Å². The first kappa shape index (κ1) is 20.3. The minimum atomic E-state index is -3.77. The Morgan fingerprint density at radius 2 is 1.83 bits per heavy atom. The summed E-state index contributed by atoms with van der Waals surface area (Å²) in [4.78, 5) is 11.9. The van der Waals surface area contributed by atoms with Crippen molar-refractivity contribution in [3.05, 3.63) is 72.7 Å². The molecule has 2 aromatic carbocycles. The number of sulfonamides is 1. The molecule has 152 valence electrons. The van der Waals surface area contributed by atoms with Crippen molar-refractivity contribution in [2.24, 2.45) is 0 Å². The maximum atomic E-state index is 12.5. The summed E-state index contributed by atoms with van der Waals surface area (Å²) in [5.74, 6) is 1.23. The summed E-state index contributed by atoms with van der Waals surface area (Å²) < 4.78 is 43.1. The second-order valence-corrected chi connectivity index (χ2v) is 7.64. The third kappa shape index (κ3) is 5.76. The van der Waals surface area contributed by atoms with Gasteiger partial charge in [0.25, 0.3) is 15.9 Å². The highest BCUT2D eigenvalue weighted by Gasteiger charge is 2.15. The fourth-order valence-electron chi connectivity index (χ4n) is 2.41. The molecule has 0 aliphatic rings. The van der Waals surface area contributed by atoms with Crippen LogP contribution in [0.5, 0.6) is 11.5 Å². The Morgan fingerprint density at radius 1 is 1.03 bits per heavy atom. The van der Waals surface area contributed by atoms with E-state index in [0.29, 0.717) is 22.9 Å². The first-order chi connectivity index (χ1) is 14.0. The molecule has 0 radical (unpaired) electrons. The zero-order valence-corrected chi connectivity index (χ0v) is 16.4. The normalized spacial score (nSPS) is 10.9. The fourth-order valence-corrected chi connectivity index (χ4v) is 3.46. The Bertz CT molecular complexity index is 1050. The topological polar surface area (TPSA) is 107 Å². The standard InChI is InChI=1S/C20H20N2O6S/c1-26-17-5-2-4-15(12-17)22-29(24,25)19-9-7-16(8-10-19)28-14-20(23)21-13-18-6-3-11-27-18/h2-12,22H,13-14H2,1H3,(H,21,23). The minimum absolute atomic E-state index is 0.0648. The molecule has 29 heavy (non-hydrogen) atoms. The van der Waals surface area contributed by atoms with Gasteiger partial charge in [-0.25, -0.2) is 8.42 Å². The van der Waals surface area contributed by atoms with Crippen LogP contribution in [0.25, 0.3) is 0 Å². The zero-order valence-electron chi connectivity index (χ0n) is 15.6. The van der Waals surface area contributed by atoms with E-state index in [-0.39, 0.29) is 24.0 Å². The van der Waals surface area contributed by atoms with Gasteiger partial charge in [-0.05, 0) is 48.5 Å². The lowest BCUT2D eigenvalue weighted by molar-refractivity contribution is -0.123. The van der Waals surface area contributed by atoms with Crippen LogP contribution in [0, 0.1) is 0 Å². The molecule has 0 saturated carbocycles. The molecule has 0 saturated heterocycles. The summed E-state index contributed by atoms with van der Waals surface area (Å²) in [6.45, 7) is 0.0666. The Kier molecular flexibility index (Phi) is 6.40. The first-order valence-electron chi connectivity index (χ1n) is 8.65. The molecular formula is C20H20N2O6S. The number of methoxy groups -OCH3 is 1. The number of carbonyl (C=O) groups excluding carboxylic acids is 1. The van der Waals surface area contributed by atoms with Crippen molar-refractivity contribution >= 4 is 21.6 Å². The maximum Gasteiger partial charge on any atom is 0.261 e. The quantitative estimate of drug-likeness (QED) is 0.556. The van der Waals surface area contributed by atoms with Crippen molar-refractivity contribution in [1.82, 2.24) is 5.32 Å². The van der Waals surface area contributed by atoms with Gasteiger partial charge in [0, 0.05) is 6.07 Å². The second-order valence-electron chi connectivity index (χ2n) is 5.95. The third-order valence-corrected chi connectivity index (χ3v) is 5.26. The molecule has 9 heteroatoms. The molecule has 1 heterocycles. The Balaban J connectivity index is 1.55. The number of rotatable bonds is 9. The zero-order chi connectivity index (χ0) is 20.7. The van der Waals surface area contributed by atoms with Crippen LogP contribution >= 0.6 is 0 Å². The van der Waals surface area contributed by atoms with Gasteiger partial charge in [0.15, 0.2) is 6.61 Å². The van der Waals surface area contributed by atoms with E-state index in [1.165, 1.54) is 37.6 Å². The van der Waals surface area contributed by atoms with Gasteiger partial charge in [-0.1, -0.05) is 6.07 Å². The molecule has 0 aliphatic heterocycles. The van der Waals surface area contributed by atoms with Crippen molar-refractivity contribution < 1.29 is 27.1 Å². The molecule has 1 amide bonds. The lowest BCUT2D eigenvalue weighted by Gasteiger charge is -2.10. The van der Waals surface area contributed by atoms with Crippen LogP contribution in [-0.2, 0) is 21.4 Å². The number of furan rings is 1. The van der Waals surface area contributed by atoms with Crippen molar-refractivity contribution in [2.45, 2.75) is 11.4 Å². The number of nitrogens with one attached hydrogen (secondary N) is 2. The van der Waals surface area contributed by atoms with Crippen LogP contribution in [0.3, 0.4) is 0 Å². The molecule has 2 N–H and O–H groups in total. The predicted molar refractivity (Wildman–Crippen MR) is 106 cm³/mol. The molecule has 0 atom stereocenters. The van der Waals surface area contributed by atoms with Crippen molar-refractivity contribution in [3.8, 4) is 11.5 Å². The molecule has 0 spiro atoms. The summed E-state index contributed by atoms with van der Waals surface area (Å²) in [6.07, 6.45) is 1.52. The molecule has 3 aromatic rings. The van der Waals surface area contributed by atoms with Gasteiger partial charge in [0.2, 0.25) is 0 Å². The molecule has 3 rings (SSSR count). The van der Waals surface area contributed by atoms with Gasteiger partial charge in [0.1, 0.15) is 17.3 Å². The van der Waals surface area contributed by atoms with Gasteiger partial charge in [0.05, 0.1) is 30.5 Å². The highest BCUT2D eigenvalue weighted by atomic mass is 32.2. The van der Waals surface area contributed by atoms with Crippen LogP contribution in [0.1, 0.15) is 5.76 Å². The number of carbonyl (C=O) groups is 1. The molecule has 0 unspecified atom stereocenters. The van der Waals surface area contributed by atoms with Crippen LogP contribution in [0.2, 0.25) is 0 Å². The van der Waals surface area contributed by atoms with E-state index in [2.05, 4.69) is 10.0 Å². The largest absolute Gasteiger partial charge is 0.497 e. The highest BCUT2D eigenvalue weighted by molar-refractivity contribution is 7.92. The number of ether oxygens (including phenoxy) is 2. The Labute approximate surface area is 168 Å². The number of hydrogen-bond donors (Lipinski definition) is 2. The summed E-state index contributed by atoms with van der Waals surface area (Å²) in [5.41, 5.74) is 0.387. The molecule has 8 nitrogen and oxygen atoms in total. The van der Waals surface area contributed by atoms with Crippen LogP contribution in [0.15, 0.2) is 76.2 Å². The predicted octanol–water partition coefficient (Wildman–Crippen LogP) is 2.78. The average molecular weight is 416 g/mol. The van der Waals surface area contributed by atoms with Crippen molar-refractivity contribution in [2.75, 3.05) is 18.4 Å². The van der Waals surface area contributed by atoms with Crippen LogP contribution < -0.4 is 19.5 Å². The smallest absolute Gasteiger partial charge is 0.261 e. The van der Waals surface area contributed by atoms with Gasteiger partial charge in [-0.2, -0.15) is 0 Å². The molecule has 1 aromatic heterocycles. The molecular weight excluding hydrogens is 396 g/mol. The molecule has 0 bridgehead atoms. The highest BCUT2D eigenvalue weighted by Crippen LogP contribution is 2.22. The second kappa shape index (κ2) is 9.16. The Hall–Kier alpha value is -3.46. The van der Waals surface area contributed by atoms with Gasteiger partial charge in [-0.15, -0.1) is 0 Å². The van der Waals surface area contributed by atoms with E-state index >= 15 is 0 Å². The van der Waals surface area contributed by atoms with E-state index in [4.69, 9.17) is 13.9 Å². The summed E-state index contributed by atoms with van der Waals surface area (Å²) in [7, 11) is -2.27. The molecule has 0 fully saturated rings. The van der Waals surface area contributed by atoms with E-state index in [0.717, 1.165) is 0 Å². The van der Waals surface area contributed by atoms with Crippen molar-refractivity contribution in [3.63, 3.8) is 0 Å². The van der Waals surface area contributed by atoms with Crippen molar-refractivity contribution in [1.29, 1.82) is 0 Å². The van der Waals surface area contributed by atoms with Gasteiger partial charge in [-0.3, -0.25) is 9.52 Å². The first-order valence-corrected chi connectivity index (χ1v) is 10.1. The summed E-state index contributed by atoms with van der Waals surface area (Å²) >= 11 is 0. The van der Waals surface area contributed by atoms with E-state index < -0.39 is 10.0 Å².